The first-order valence-corrected chi connectivity index (χ1v) is 12.7. The van der Waals surface area contributed by atoms with Crippen molar-refractivity contribution in [3.63, 3.8) is 0 Å². The van der Waals surface area contributed by atoms with Gasteiger partial charge in [-0.3, -0.25) is 9.69 Å². The molecule has 2 atom stereocenters. The van der Waals surface area contributed by atoms with Crippen LogP contribution in [0.4, 0.5) is 5.69 Å². The molecule has 4 rings (SSSR count). The van der Waals surface area contributed by atoms with E-state index in [1.54, 1.807) is 6.07 Å². The van der Waals surface area contributed by atoms with Crippen molar-refractivity contribution in [2.45, 2.75) is 17.0 Å². The molecule has 1 N–H and O–H groups in total. The highest BCUT2D eigenvalue weighted by molar-refractivity contribution is 8.16. The van der Waals surface area contributed by atoms with Crippen molar-refractivity contribution in [2.24, 2.45) is 0 Å². The van der Waals surface area contributed by atoms with Crippen LogP contribution in [0.3, 0.4) is 0 Å². The number of anilines is 1. The number of carbonyl (C=O) groups excluding carboxylic acids is 1. The fourth-order valence-electron chi connectivity index (χ4n) is 4.32. The Bertz CT molecular complexity index is 1360. The third-order valence-corrected chi connectivity index (χ3v) is 11.5. The summed E-state index contributed by atoms with van der Waals surface area (Å²) in [6.45, 7) is 1.22. The summed E-state index contributed by atoms with van der Waals surface area (Å²) in [4.78, 5) is 26.0. The van der Waals surface area contributed by atoms with Crippen molar-refractivity contribution in [3.05, 3.63) is 65.7 Å². The number of carbonyl (C=O) groups is 2. The molecular weight excluding hydrogens is 458 g/mol. The molecule has 2 aromatic rings. The number of hydrogen-bond acceptors (Lipinski definition) is 7. The van der Waals surface area contributed by atoms with Gasteiger partial charge in [-0.2, -0.15) is 0 Å². The molecule has 0 aromatic heterocycles. The molecule has 2 aromatic carbocycles. The van der Waals surface area contributed by atoms with E-state index >= 15 is 0 Å². The smallest absolute Gasteiger partial charge is 0.335 e. The first-order chi connectivity index (χ1) is 15.1. The number of aliphatic carboxylic acids is 1. The molecule has 2 heterocycles. The van der Waals surface area contributed by atoms with E-state index in [2.05, 4.69) is 0 Å². The zero-order chi connectivity index (χ0) is 23.5. The number of nitrogens with zero attached hydrogens (tertiary/aromatic N) is 1. The van der Waals surface area contributed by atoms with Crippen molar-refractivity contribution in [1.82, 2.24) is 0 Å². The molecule has 0 bridgehead atoms. The third-order valence-electron chi connectivity index (χ3n) is 5.78. The fraction of sp³-hybridized carbons (Fsp3) is 0.238. The minimum Gasteiger partial charge on any atom is -0.497 e. The summed E-state index contributed by atoms with van der Waals surface area (Å²) >= 11 is 0. The van der Waals surface area contributed by atoms with Gasteiger partial charge in [0.25, 0.3) is 9.99 Å². The zero-order valence-corrected chi connectivity index (χ0v) is 18.7. The summed E-state index contributed by atoms with van der Waals surface area (Å²) in [5.74, 6) is -3.01. The summed E-state index contributed by atoms with van der Waals surface area (Å²) in [7, 11) is -8.07. The molecule has 1 fully saturated rings. The topological polar surface area (TPSA) is 135 Å². The van der Waals surface area contributed by atoms with Gasteiger partial charge in [-0.1, -0.05) is 37.3 Å². The Kier molecular flexibility index (Phi) is 4.94. The number of β-lactam (4-membered cyclic amide) rings is 1. The van der Waals surface area contributed by atoms with Crippen LogP contribution >= 0.6 is 0 Å². The molecule has 11 heteroatoms. The van der Waals surface area contributed by atoms with Crippen LogP contribution in [0.2, 0.25) is 0 Å². The first kappa shape index (κ1) is 22.0. The van der Waals surface area contributed by atoms with Crippen molar-refractivity contribution in [1.29, 1.82) is 0 Å². The number of methoxy groups -OCH3 is 1. The Hall–Kier alpha value is -3.18. The van der Waals surface area contributed by atoms with Crippen LogP contribution < -0.4 is 9.64 Å². The van der Waals surface area contributed by atoms with Gasteiger partial charge in [0.15, 0.2) is 9.84 Å². The maximum absolute atomic E-state index is 13.7. The zero-order valence-electron chi connectivity index (χ0n) is 17.0. The van der Waals surface area contributed by atoms with E-state index in [-0.39, 0.29) is 11.3 Å². The summed E-state index contributed by atoms with van der Waals surface area (Å²) in [6, 6.07) is 11.5. The molecule has 1 saturated heterocycles. The number of hydrogen-bond donors (Lipinski definition) is 1. The molecule has 0 spiro atoms. The van der Waals surface area contributed by atoms with Gasteiger partial charge in [-0.05, 0) is 29.8 Å². The summed E-state index contributed by atoms with van der Waals surface area (Å²) in [5, 5.41) is 10.0. The van der Waals surface area contributed by atoms with Crippen LogP contribution in [-0.2, 0) is 29.3 Å². The predicted molar refractivity (Wildman–Crippen MR) is 116 cm³/mol. The van der Waals surface area contributed by atoms with Crippen molar-refractivity contribution < 1.29 is 36.3 Å². The van der Waals surface area contributed by atoms with Gasteiger partial charge in [0.05, 0.1) is 17.6 Å². The van der Waals surface area contributed by atoms with E-state index in [0.29, 0.717) is 5.75 Å². The van der Waals surface area contributed by atoms with E-state index in [1.807, 2.05) is 0 Å². The van der Waals surface area contributed by atoms with Crippen molar-refractivity contribution in [3.8, 4) is 5.75 Å². The highest BCUT2D eigenvalue weighted by atomic mass is 32.3. The summed E-state index contributed by atoms with van der Waals surface area (Å²) in [5.41, 5.74) is -0.484. The van der Waals surface area contributed by atoms with Crippen LogP contribution in [0, 0.1) is 0 Å². The lowest BCUT2D eigenvalue weighted by atomic mass is 9.90. The van der Waals surface area contributed by atoms with Gasteiger partial charge in [-0.15, -0.1) is 0 Å². The molecule has 0 unspecified atom stereocenters. The van der Waals surface area contributed by atoms with Gasteiger partial charge in [0.2, 0.25) is 9.84 Å². The number of sulfone groups is 2. The molecule has 2 aliphatic rings. The number of fused-ring (bicyclic) bond motifs is 1. The molecule has 9 nitrogen and oxygen atoms in total. The molecular formula is C21H19NO8S2. The Morgan fingerprint density at radius 1 is 1.12 bits per heavy atom. The van der Waals surface area contributed by atoms with Crippen LogP contribution in [0.25, 0.3) is 4.91 Å². The van der Waals surface area contributed by atoms with Crippen LogP contribution in [0.15, 0.2) is 60.2 Å². The van der Waals surface area contributed by atoms with Crippen LogP contribution in [-0.4, -0.2) is 56.8 Å². The van der Waals surface area contributed by atoms with E-state index < -0.39 is 57.9 Å². The Morgan fingerprint density at radius 3 is 2.22 bits per heavy atom. The normalized spacial score (nSPS) is 24.1. The Balaban J connectivity index is 2.06. The molecule has 1 amide bonds. The second-order valence-electron chi connectivity index (χ2n) is 7.26. The lowest BCUT2D eigenvalue weighted by Crippen LogP contribution is -2.78. The minimum absolute atomic E-state index is 0.00691. The predicted octanol–water partition coefficient (Wildman–Crippen LogP) is 1.47. The lowest BCUT2D eigenvalue weighted by molar-refractivity contribution is -0.133. The standard InChI is InChI=1S/C21H19NO8S2/c1-3-31(26,27)21-18(22(20(21)25)14-9-11-15(30-2)12-10-14)16(19(23)24)17(32(21,28)29)13-7-5-4-6-8-13/h4-12,18H,3H2,1-2H3,(H,23,24)/t18-,21+/m1/s1. The van der Waals surface area contributed by atoms with Crippen molar-refractivity contribution in [2.75, 3.05) is 17.8 Å². The molecule has 0 aliphatic carbocycles. The highest BCUT2D eigenvalue weighted by Crippen LogP contribution is 2.58. The fourth-order valence-corrected chi connectivity index (χ4v) is 9.70. The average molecular weight is 478 g/mol. The molecule has 32 heavy (non-hydrogen) atoms. The lowest BCUT2D eigenvalue weighted by Gasteiger charge is -2.50. The quantitative estimate of drug-likeness (QED) is 0.618. The largest absolute Gasteiger partial charge is 0.497 e. The highest BCUT2D eigenvalue weighted by Gasteiger charge is 2.82. The van der Waals surface area contributed by atoms with E-state index in [0.717, 1.165) is 4.90 Å². The second kappa shape index (κ2) is 7.17. The summed E-state index contributed by atoms with van der Waals surface area (Å²) < 4.78 is 55.9. The van der Waals surface area contributed by atoms with E-state index in [9.17, 15) is 31.5 Å². The van der Waals surface area contributed by atoms with E-state index in [4.69, 9.17) is 4.74 Å². The SMILES string of the molecule is CCS(=O)(=O)[C@@]12C(=O)N(c3ccc(OC)cc3)[C@@H]1C(C(=O)O)=C(c1ccccc1)S2(=O)=O. The van der Waals surface area contributed by atoms with Crippen LogP contribution in [0.5, 0.6) is 5.75 Å². The van der Waals surface area contributed by atoms with Gasteiger partial charge in [0, 0.05) is 11.4 Å². The maximum Gasteiger partial charge on any atom is 0.335 e. The number of rotatable bonds is 6. The van der Waals surface area contributed by atoms with Crippen LogP contribution in [0.1, 0.15) is 12.5 Å². The number of carboxylic acids is 1. The Morgan fingerprint density at radius 2 is 1.72 bits per heavy atom. The van der Waals surface area contributed by atoms with Gasteiger partial charge in [-0.25, -0.2) is 21.6 Å². The maximum atomic E-state index is 13.7. The van der Waals surface area contributed by atoms with Gasteiger partial charge >= 0.3 is 5.97 Å². The number of ether oxygens (including phenoxy) is 1. The third kappa shape index (κ3) is 2.54. The summed E-state index contributed by atoms with van der Waals surface area (Å²) in [6.07, 6.45) is 0. The Labute approximate surface area is 184 Å². The molecule has 0 saturated carbocycles. The average Bonchev–Trinajstić information content (AvgIpc) is 2.96. The van der Waals surface area contributed by atoms with Crippen molar-refractivity contribution >= 4 is 42.1 Å². The molecule has 168 valence electrons. The number of carboxylic acid groups (broad SMARTS) is 1. The van der Waals surface area contributed by atoms with Gasteiger partial charge < -0.3 is 9.84 Å². The molecule has 0 radical (unpaired) electrons. The first-order valence-electron chi connectivity index (χ1n) is 9.53. The number of amides is 1. The molecule has 2 aliphatic heterocycles. The number of benzene rings is 2. The minimum atomic E-state index is -4.91. The van der Waals surface area contributed by atoms with E-state index in [1.165, 1.54) is 62.6 Å². The second-order valence-corrected chi connectivity index (χ2v) is 12.0. The van der Waals surface area contributed by atoms with Gasteiger partial charge in [0.1, 0.15) is 11.8 Å². The monoisotopic (exact) mass is 477 g/mol.